The smallest absolute Gasteiger partial charge is 0.252 e. The molecule has 0 aliphatic carbocycles. The molecule has 0 spiro atoms. The number of nitrogens with zero attached hydrogens (tertiary/aromatic N) is 5. The molecule has 168 valence electrons. The minimum absolute atomic E-state index is 0.197. The van der Waals surface area contributed by atoms with Crippen molar-refractivity contribution in [1.29, 1.82) is 0 Å². The lowest BCUT2D eigenvalue weighted by atomic mass is 9.77. The number of halogens is 1. The van der Waals surface area contributed by atoms with Gasteiger partial charge in [-0.3, -0.25) is 9.48 Å². The summed E-state index contributed by atoms with van der Waals surface area (Å²) < 4.78 is 16.4. The van der Waals surface area contributed by atoms with Gasteiger partial charge in [0.25, 0.3) is 5.56 Å². The van der Waals surface area contributed by atoms with E-state index < -0.39 is 5.41 Å². The standard InChI is InChI=1S/C23H27FN6OS/c1-6-23(7-2,21-27-28-22(32-21)29(4)5)16-9-10-18(26-20(16)31)14-11-17(24)15-13-25-30(8-3)19(15)12-14/h9-13H,6-8H2,1-5H3,(H,26,31). The Morgan fingerprint density at radius 1 is 1.16 bits per heavy atom. The molecule has 1 aromatic carbocycles. The molecule has 0 bridgehead atoms. The van der Waals surface area contributed by atoms with Gasteiger partial charge in [0.05, 0.1) is 22.5 Å². The Kier molecular flexibility index (Phi) is 5.85. The summed E-state index contributed by atoms with van der Waals surface area (Å²) >= 11 is 1.50. The Morgan fingerprint density at radius 3 is 2.50 bits per heavy atom. The number of hydrogen-bond donors (Lipinski definition) is 1. The zero-order valence-electron chi connectivity index (χ0n) is 18.9. The summed E-state index contributed by atoms with van der Waals surface area (Å²) in [6.07, 6.45) is 2.96. The van der Waals surface area contributed by atoms with Crippen molar-refractivity contribution < 1.29 is 4.39 Å². The number of aromatic nitrogens is 5. The van der Waals surface area contributed by atoms with Crippen LogP contribution in [0.4, 0.5) is 9.52 Å². The van der Waals surface area contributed by atoms with Gasteiger partial charge >= 0.3 is 0 Å². The van der Waals surface area contributed by atoms with Gasteiger partial charge in [-0.05, 0) is 38.0 Å². The summed E-state index contributed by atoms with van der Waals surface area (Å²) in [5.41, 5.74) is 1.79. The van der Waals surface area contributed by atoms with Crippen LogP contribution in [-0.4, -0.2) is 39.1 Å². The van der Waals surface area contributed by atoms with E-state index in [1.165, 1.54) is 23.6 Å². The van der Waals surface area contributed by atoms with E-state index in [0.29, 0.717) is 47.1 Å². The molecule has 1 N–H and O–H groups in total. The molecular formula is C23H27FN6OS. The summed E-state index contributed by atoms with van der Waals surface area (Å²) in [5.74, 6) is -0.358. The average molecular weight is 455 g/mol. The average Bonchev–Trinajstić information content (AvgIpc) is 3.44. The molecule has 0 unspecified atom stereocenters. The molecule has 4 aromatic rings. The molecule has 3 aromatic heterocycles. The van der Waals surface area contributed by atoms with Crippen molar-refractivity contribution in [2.75, 3.05) is 19.0 Å². The fourth-order valence-electron chi connectivity index (χ4n) is 4.20. The number of aromatic amines is 1. The maximum absolute atomic E-state index is 14.7. The molecule has 7 nitrogen and oxygen atoms in total. The van der Waals surface area contributed by atoms with Crippen LogP contribution in [0.2, 0.25) is 0 Å². The van der Waals surface area contributed by atoms with Gasteiger partial charge < -0.3 is 9.88 Å². The number of rotatable bonds is 7. The predicted molar refractivity (Wildman–Crippen MR) is 127 cm³/mol. The van der Waals surface area contributed by atoms with E-state index in [1.807, 2.05) is 44.1 Å². The third-order valence-electron chi connectivity index (χ3n) is 6.16. The van der Waals surface area contributed by atoms with Crippen LogP contribution in [0.3, 0.4) is 0 Å². The van der Waals surface area contributed by atoms with E-state index in [9.17, 15) is 9.18 Å². The van der Waals surface area contributed by atoms with Crippen LogP contribution in [0.1, 0.15) is 44.2 Å². The number of pyridine rings is 1. The van der Waals surface area contributed by atoms with E-state index in [0.717, 1.165) is 10.1 Å². The predicted octanol–water partition coefficient (Wildman–Crippen LogP) is 4.57. The monoisotopic (exact) mass is 454 g/mol. The summed E-state index contributed by atoms with van der Waals surface area (Å²) in [5, 5.41) is 15.0. The first-order valence-corrected chi connectivity index (χ1v) is 11.6. The molecule has 32 heavy (non-hydrogen) atoms. The second-order valence-corrected chi connectivity index (χ2v) is 9.00. The first-order valence-electron chi connectivity index (χ1n) is 10.7. The molecule has 4 rings (SSSR count). The van der Waals surface area contributed by atoms with Crippen molar-refractivity contribution in [3.63, 3.8) is 0 Å². The van der Waals surface area contributed by atoms with E-state index in [1.54, 1.807) is 4.68 Å². The number of fused-ring (bicyclic) bond motifs is 1. The maximum Gasteiger partial charge on any atom is 0.252 e. The van der Waals surface area contributed by atoms with E-state index in [-0.39, 0.29) is 11.4 Å². The Labute approximate surface area is 189 Å². The third-order valence-corrected chi connectivity index (χ3v) is 7.46. The van der Waals surface area contributed by atoms with Crippen LogP contribution in [0.25, 0.3) is 22.2 Å². The van der Waals surface area contributed by atoms with E-state index >= 15 is 0 Å². The maximum atomic E-state index is 14.7. The van der Waals surface area contributed by atoms with Crippen molar-refractivity contribution in [3.8, 4) is 11.3 Å². The highest BCUT2D eigenvalue weighted by molar-refractivity contribution is 7.15. The minimum atomic E-state index is -0.534. The van der Waals surface area contributed by atoms with Crippen molar-refractivity contribution in [2.24, 2.45) is 0 Å². The summed E-state index contributed by atoms with van der Waals surface area (Å²) in [4.78, 5) is 18.2. The van der Waals surface area contributed by atoms with Gasteiger partial charge in [0.1, 0.15) is 10.8 Å². The fraction of sp³-hybridized carbons (Fsp3) is 0.391. The normalized spacial score (nSPS) is 11.9. The number of benzene rings is 1. The second-order valence-electron chi connectivity index (χ2n) is 8.04. The second kappa shape index (κ2) is 8.46. The summed E-state index contributed by atoms with van der Waals surface area (Å²) in [6.45, 7) is 6.71. The first kappa shape index (κ1) is 22.1. The number of anilines is 1. The Bertz CT molecular complexity index is 1320. The molecular weight excluding hydrogens is 427 g/mol. The van der Waals surface area contributed by atoms with Crippen LogP contribution in [0, 0.1) is 5.82 Å². The molecule has 0 aliphatic heterocycles. The quantitative estimate of drug-likeness (QED) is 0.442. The van der Waals surface area contributed by atoms with E-state index in [2.05, 4.69) is 34.1 Å². The highest BCUT2D eigenvalue weighted by Gasteiger charge is 2.37. The third kappa shape index (κ3) is 3.50. The van der Waals surface area contributed by atoms with Gasteiger partial charge in [-0.15, -0.1) is 10.2 Å². The molecule has 0 saturated carbocycles. The number of H-pyrrole nitrogens is 1. The number of hydrogen-bond acceptors (Lipinski definition) is 6. The van der Waals surface area contributed by atoms with Gasteiger partial charge in [0, 0.05) is 37.5 Å². The number of aryl methyl sites for hydroxylation is 1. The lowest BCUT2D eigenvalue weighted by molar-refractivity contribution is 0.467. The minimum Gasteiger partial charge on any atom is -0.353 e. The van der Waals surface area contributed by atoms with Crippen molar-refractivity contribution in [2.45, 2.75) is 45.6 Å². The van der Waals surface area contributed by atoms with Crippen LogP contribution in [0.5, 0.6) is 0 Å². The van der Waals surface area contributed by atoms with Crippen LogP contribution < -0.4 is 10.5 Å². The lowest BCUT2D eigenvalue weighted by Crippen LogP contribution is -2.33. The van der Waals surface area contributed by atoms with Gasteiger partial charge in [-0.2, -0.15) is 5.10 Å². The van der Waals surface area contributed by atoms with Crippen molar-refractivity contribution in [1.82, 2.24) is 25.0 Å². The first-order chi connectivity index (χ1) is 15.3. The van der Waals surface area contributed by atoms with Gasteiger partial charge in [0.2, 0.25) is 5.13 Å². The topological polar surface area (TPSA) is 79.7 Å². The van der Waals surface area contributed by atoms with Gasteiger partial charge in [-0.1, -0.05) is 31.3 Å². The highest BCUT2D eigenvalue weighted by atomic mass is 32.1. The van der Waals surface area contributed by atoms with Crippen LogP contribution in [-0.2, 0) is 12.0 Å². The van der Waals surface area contributed by atoms with Crippen molar-refractivity contribution in [3.05, 3.63) is 57.2 Å². The van der Waals surface area contributed by atoms with E-state index in [4.69, 9.17) is 0 Å². The zero-order chi connectivity index (χ0) is 23.0. The Morgan fingerprint density at radius 2 is 1.91 bits per heavy atom. The molecule has 0 fully saturated rings. The highest BCUT2D eigenvalue weighted by Crippen LogP contribution is 2.40. The largest absolute Gasteiger partial charge is 0.353 e. The summed E-state index contributed by atoms with van der Waals surface area (Å²) in [6, 6.07) is 6.99. The van der Waals surface area contributed by atoms with Crippen LogP contribution >= 0.6 is 11.3 Å². The molecule has 0 amide bonds. The molecule has 3 heterocycles. The van der Waals surface area contributed by atoms with Gasteiger partial charge in [-0.25, -0.2) is 4.39 Å². The SMILES string of the molecule is CCn1ncc2c(F)cc(-c3ccc(C(CC)(CC)c4nnc(N(C)C)s4)c(=O)[nH]3)cc21. The lowest BCUT2D eigenvalue weighted by Gasteiger charge is -2.28. The molecule has 0 saturated heterocycles. The zero-order valence-corrected chi connectivity index (χ0v) is 19.8. The summed E-state index contributed by atoms with van der Waals surface area (Å²) in [7, 11) is 3.85. The Balaban J connectivity index is 1.82. The van der Waals surface area contributed by atoms with Crippen LogP contribution in [0.15, 0.2) is 35.3 Å². The molecule has 9 heteroatoms. The molecule has 0 atom stereocenters. The number of nitrogens with one attached hydrogen (secondary N) is 1. The van der Waals surface area contributed by atoms with Crippen molar-refractivity contribution >= 4 is 27.4 Å². The fourth-order valence-corrected chi connectivity index (χ4v) is 5.31. The molecule has 0 aliphatic rings. The Hall–Kier alpha value is -3.07. The van der Waals surface area contributed by atoms with Gasteiger partial charge in [0.15, 0.2) is 0 Å². The molecule has 0 radical (unpaired) electrons.